The highest BCUT2D eigenvalue weighted by Crippen LogP contribution is 2.31. The number of rotatable bonds is 7. The van der Waals surface area contributed by atoms with E-state index in [1.54, 1.807) is 37.6 Å². The van der Waals surface area contributed by atoms with Crippen LogP contribution in [0.15, 0.2) is 53.8 Å². The number of nitrogens with zero attached hydrogens (tertiary/aromatic N) is 2. The van der Waals surface area contributed by atoms with Crippen molar-refractivity contribution in [2.45, 2.75) is 25.4 Å². The molecule has 0 saturated heterocycles. The predicted molar refractivity (Wildman–Crippen MR) is 122 cm³/mol. The van der Waals surface area contributed by atoms with Crippen molar-refractivity contribution < 1.29 is 18.0 Å². The number of carbonyl (C=O) groups is 1. The number of guanidine groups is 1. The average molecular weight is 535 g/mol. The summed E-state index contributed by atoms with van der Waals surface area (Å²) in [6.45, 7) is 2.37. The highest BCUT2D eigenvalue weighted by Gasteiger charge is 2.30. The smallest absolute Gasteiger partial charge is 0.356 e. The summed E-state index contributed by atoms with van der Waals surface area (Å²) in [6, 6.07) is 8.80. The van der Waals surface area contributed by atoms with E-state index in [9.17, 15) is 18.0 Å². The van der Waals surface area contributed by atoms with Crippen LogP contribution in [0.3, 0.4) is 0 Å². The second kappa shape index (κ2) is 12.4. The van der Waals surface area contributed by atoms with E-state index in [0.717, 1.165) is 6.07 Å². The van der Waals surface area contributed by atoms with Crippen LogP contribution < -0.4 is 16.0 Å². The third-order valence-corrected chi connectivity index (χ3v) is 4.24. The second-order valence-corrected chi connectivity index (χ2v) is 6.46. The second-order valence-electron chi connectivity index (χ2n) is 6.46. The molecule has 1 aromatic carbocycles. The number of aliphatic imine (C=N–C) groups is 1. The molecule has 6 nitrogen and oxygen atoms in total. The molecule has 30 heavy (non-hydrogen) atoms. The van der Waals surface area contributed by atoms with Gasteiger partial charge < -0.3 is 16.0 Å². The van der Waals surface area contributed by atoms with Crippen LogP contribution in [-0.2, 0) is 11.0 Å². The maximum atomic E-state index is 12.9. The first-order valence-electron chi connectivity index (χ1n) is 9.11. The molecular formula is C20H25F3IN5O. The Labute approximate surface area is 190 Å². The van der Waals surface area contributed by atoms with Crippen molar-refractivity contribution in [3.63, 3.8) is 0 Å². The first kappa shape index (κ1) is 25.7. The van der Waals surface area contributed by atoms with Crippen molar-refractivity contribution in [2.24, 2.45) is 4.99 Å². The molecule has 1 aromatic heterocycles. The fourth-order valence-electron chi connectivity index (χ4n) is 2.62. The third-order valence-electron chi connectivity index (χ3n) is 4.24. The summed E-state index contributed by atoms with van der Waals surface area (Å²) in [7, 11) is 1.57. The highest BCUT2D eigenvalue weighted by molar-refractivity contribution is 14.0. The predicted octanol–water partition coefficient (Wildman–Crippen LogP) is 4.02. The van der Waals surface area contributed by atoms with Gasteiger partial charge >= 0.3 is 6.18 Å². The van der Waals surface area contributed by atoms with Gasteiger partial charge in [0.05, 0.1) is 24.0 Å². The summed E-state index contributed by atoms with van der Waals surface area (Å²) in [4.78, 5) is 19.9. The molecule has 0 bridgehead atoms. The molecule has 0 spiro atoms. The van der Waals surface area contributed by atoms with Crippen LogP contribution in [0.5, 0.6) is 0 Å². The molecule has 1 atom stereocenters. The third kappa shape index (κ3) is 8.56. The van der Waals surface area contributed by atoms with Gasteiger partial charge in [0.1, 0.15) is 0 Å². The number of aromatic nitrogens is 1. The Morgan fingerprint density at radius 2 is 1.97 bits per heavy atom. The van der Waals surface area contributed by atoms with E-state index in [2.05, 4.69) is 25.9 Å². The Morgan fingerprint density at radius 3 is 2.60 bits per heavy atom. The number of hydrogen-bond donors (Lipinski definition) is 3. The molecule has 3 N–H and O–H groups in total. The molecule has 0 fully saturated rings. The van der Waals surface area contributed by atoms with Crippen LogP contribution in [0.25, 0.3) is 0 Å². The molecular weight excluding hydrogens is 510 g/mol. The number of hydrogen-bond acceptors (Lipinski definition) is 3. The van der Waals surface area contributed by atoms with Crippen LogP contribution in [-0.4, -0.2) is 37.0 Å². The normalized spacial score (nSPS) is 12.5. The minimum Gasteiger partial charge on any atom is -0.356 e. The number of anilines is 1. The maximum Gasteiger partial charge on any atom is 0.416 e. The molecule has 0 saturated carbocycles. The van der Waals surface area contributed by atoms with Crippen molar-refractivity contribution in [3.8, 4) is 0 Å². The van der Waals surface area contributed by atoms with E-state index in [4.69, 9.17) is 0 Å². The Morgan fingerprint density at radius 1 is 1.20 bits per heavy atom. The molecule has 0 aliphatic rings. The zero-order chi connectivity index (χ0) is 21.3. The van der Waals surface area contributed by atoms with Gasteiger partial charge in [-0.2, -0.15) is 13.2 Å². The van der Waals surface area contributed by atoms with E-state index < -0.39 is 11.7 Å². The van der Waals surface area contributed by atoms with Gasteiger partial charge in [0.15, 0.2) is 5.96 Å². The molecule has 0 radical (unpaired) electrons. The van der Waals surface area contributed by atoms with Crippen LogP contribution >= 0.6 is 24.0 Å². The Balaban J connectivity index is 0.00000450. The topological polar surface area (TPSA) is 78.4 Å². The van der Waals surface area contributed by atoms with Crippen molar-refractivity contribution in [3.05, 3.63) is 59.9 Å². The summed E-state index contributed by atoms with van der Waals surface area (Å²) >= 11 is 0. The molecule has 2 rings (SSSR count). The lowest BCUT2D eigenvalue weighted by Gasteiger charge is -2.16. The van der Waals surface area contributed by atoms with Gasteiger partial charge in [-0.15, -0.1) is 24.0 Å². The molecule has 10 heteroatoms. The van der Waals surface area contributed by atoms with Crippen molar-refractivity contribution in [1.82, 2.24) is 15.6 Å². The van der Waals surface area contributed by atoms with Gasteiger partial charge in [-0.25, -0.2) is 0 Å². The fraction of sp³-hybridized carbons (Fsp3) is 0.350. The quantitative estimate of drug-likeness (QED) is 0.285. The van der Waals surface area contributed by atoms with Crippen molar-refractivity contribution in [1.29, 1.82) is 0 Å². The standard InChI is InChI=1S/C20H24F3N5O.HI/c1-14(15-5-3-6-16(11-15)20(21,22)23)8-10-26-19(24-2)27-13-18(29)28-17-7-4-9-25-12-17;/h3-7,9,11-12,14H,8,10,13H2,1-2H3,(H,28,29)(H2,24,26,27);1H. The minimum absolute atomic E-state index is 0. The molecule has 1 heterocycles. The first-order valence-corrected chi connectivity index (χ1v) is 9.11. The van der Waals surface area contributed by atoms with Crippen molar-refractivity contribution >= 4 is 41.5 Å². The number of pyridine rings is 1. The zero-order valence-corrected chi connectivity index (χ0v) is 19.0. The van der Waals surface area contributed by atoms with Gasteiger partial charge in [-0.05, 0) is 36.1 Å². The van der Waals surface area contributed by atoms with Gasteiger partial charge in [-0.3, -0.25) is 14.8 Å². The summed E-state index contributed by atoms with van der Waals surface area (Å²) in [5.41, 5.74) is 0.574. The molecule has 1 unspecified atom stereocenters. The average Bonchev–Trinajstić information content (AvgIpc) is 2.70. The van der Waals surface area contributed by atoms with E-state index in [0.29, 0.717) is 30.2 Å². The number of amides is 1. The Kier molecular flexibility index (Phi) is 10.6. The number of halogens is 4. The van der Waals surface area contributed by atoms with E-state index in [-0.39, 0.29) is 42.3 Å². The largest absolute Gasteiger partial charge is 0.416 e. The molecule has 0 aliphatic heterocycles. The summed E-state index contributed by atoms with van der Waals surface area (Å²) in [5.74, 6) is 0.109. The molecule has 164 valence electrons. The fourth-order valence-corrected chi connectivity index (χ4v) is 2.62. The summed E-state index contributed by atoms with van der Waals surface area (Å²) in [6.07, 6.45) is -0.597. The van der Waals surface area contributed by atoms with Crippen molar-refractivity contribution in [2.75, 3.05) is 25.5 Å². The number of alkyl halides is 3. The Hall–Kier alpha value is -2.37. The van der Waals surface area contributed by atoms with Crippen LogP contribution in [0.1, 0.15) is 30.4 Å². The van der Waals surface area contributed by atoms with E-state index in [1.807, 2.05) is 6.92 Å². The van der Waals surface area contributed by atoms with Gasteiger partial charge in [0, 0.05) is 19.8 Å². The number of benzene rings is 1. The SMILES string of the molecule is CN=C(NCCC(C)c1cccc(C(F)(F)F)c1)NCC(=O)Nc1cccnc1.I. The molecule has 2 aromatic rings. The van der Waals surface area contributed by atoms with Crippen LogP contribution in [0.4, 0.5) is 18.9 Å². The van der Waals surface area contributed by atoms with Gasteiger partial charge in [0.2, 0.25) is 5.91 Å². The number of carbonyl (C=O) groups excluding carboxylic acids is 1. The molecule has 0 aliphatic carbocycles. The Bertz CT molecular complexity index is 831. The minimum atomic E-state index is -4.35. The molecule has 1 amide bonds. The lowest BCUT2D eigenvalue weighted by Crippen LogP contribution is -2.41. The number of nitrogens with one attached hydrogen (secondary N) is 3. The lowest BCUT2D eigenvalue weighted by atomic mass is 9.96. The highest BCUT2D eigenvalue weighted by atomic mass is 127. The lowest BCUT2D eigenvalue weighted by molar-refractivity contribution is -0.137. The zero-order valence-electron chi connectivity index (χ0n) is 16.7. The van der Waals surface area contributed by atoms with E-state index in [1.165, 1.54) is 12.1 Å². The summed E-state index contributed by atoms with van der Waals surface area (Å²) < 4.78 is 38.6. The first-order chi connectivity index (χ1) is 13.8. The van der Waals surface area contributed by atoms with Crippen LogP contribution in [0.2, 0.25) is 0 Å². The van der Waals surface area contributed by atoms with Gasteiger partial charge in [-0.1, -0.05) is 25.1 Å². The monoisotopic (exact) mass is 535 g/mol. The van der Waals surface area contributed by atoms with E-state index >= 15 is 0 Å². The summed E-state index contributed by atoms with van der Waals surface area (Å²) in [5, 5.41) is 8.64. The van der Waals surface area contributed by atoms with Gasteiger partial charge in [0.25, 0.3) is 0 Å². The maximum absolute atomic E-state index is 12.9. The van der Waals surface area contributed by atoms with Crippen LogP contribution in [0, 0.1) is 0 Å².